The fourth-order valence-corrected chi connectivity index (χ4v) is 1.96. The van der Waals surface area contributed by atoms with E-state index in [0.29, 0.717) is 5.75 Å². The van der Waals surface area contributed by atoms with Gasteiger partial charge in [-0.25, -0.2) is 4.98 Å². The lowest BCUT2D eigenvalue weighted by molar-refractivity contribution is 0.107. The highest BCUT2D eigenvalue weighted by atomic mass is 35.5. The number of methoxy groups -OCH3 is 1. The minimum Gasteiger partial charge on any atom is -0.478 e. The van der Waals surface area contributed by atoms with Crippen molar-refractivity contribution in [2.45, 2.75) is 0 Å². The van der Waals surface area contributed by atoms with Gasteiger partial charge in [0.1, 0.15) is 5.75 Å². The third-order valence-electron chi connectivity index (χ3n) is 2.38. The maximum absolute atomic E-state index is 11.4. The molecule has 2 aromatic rings. The number of nitrogens with zero attached hydrogens (tertiary/aromatic N) is 1. The van der Waals surface area contributed by atoms with Crippen molar-refractivity contribution in [3.63, 3.8) is 0 Å². The maximum Gasteiger partial charge on any atom is 0.257 e. The van der Waals surface area contributed by atoms with Crippen LogP contribution in [0, 0.1) is 0 Å². The summed E-state index contributed by atoms with van der Waals surface area (Å²) in [5.74, 6) is 0.768. The SMILES string of the molecule is COc1ncccc1Oc1cc(Cl)c(Cl)cc1C(=O)Cl. The Morgan fingerprint density at radius 3 is 2.55 bits per heavy atom. The van der Waals surface area contributed by atoms with Crippen LogP contribution in [-0.4, -0.2) is 17.3 Å². The zero-order valence-corrected chi connectivity index (χ0v) is 12.5. The van der Waals surface area contributed by atoms with Crippen molar-refractivity contribution in [3.05, 3.63) is 46.1 Å². The minimum absolute atomic E-state index is 0.104. The number of halogens is 3. The summed E-state index contributed by atoms with van der Waals surface area (Å²) >= 11 is 17.3. The average molecular weight is 333 g/mol. The van der Waals surface area contributed by atoms with Crippen LogP contribution in [0.3, 0.4) is 0 Å². The predicted octanol–water partition coefficient (Wildman–Crippen LogP) is 4.57. The van der Waals surface area contributed by atoms with Gasteiger partial charge in [-0.15, -0.1) is 0 Å². The van der Waals surface area contributed by atoms with Crippen molar-refractivity contribution in [3.8, 4) is 17.4 Å². The molecular weight excluding hydrogens is 325 g/mol. The molecule has 0 amide bonds. The third-order valence-corrected chi connectivity index (χ3v) is 3.31. The summed E-state index contributed by atoms with van der Waals surface area (Å²) in [6.45, 7) is 0. The van der Waals surface area contributed by atoms with Gasteiger partial charge >= 0.3 is 0 Å². The Hall–Kier alpha value is -1.49. The topological polar surface area (TPSA) is 48.4 Å². The van der Waals surface area contributed by atoms with Gasteiger partial charge in [-0.3, -0.25) is 4.79 Å². The largest absolute Gasteiger partial charge is 0.478 e. The van der Waals surface area contributed by atoms with Gasteiger partial charge in [0.05, 0.1) is 22.7 Å². The van der Waals surface area contributed by atoms with Crippen molar-refractivity contribution in [1.29, 1.82) is 0 Å². The Morgan fingerprint density at radius 2 is 1.90 bits per heavy atom. The van der Waals surface area contributed by atoms with Crippen LogP contribution in [0.15, 0.2) is 30.5 Å². The molecule has 0 atom stereocenters. The summed E-state index contributed by atoms with van der Waals surface area (Å²) in [6, 6.07) is 6.05. The van der Waals surface area contributed by atoms with Gasteiger partial charge in [0.2, 0.25) is 0 Å². The highest BCUT2D eigenvalue weighted by Gasteiger charge is 2.16. The van der Waals surface area contributed by atoms with E-state index in [4.69, 9.17) is 44.3 Å². The summed E-state index contributed by atoms with van der Waals surface area (Å²) in [4.78, 5) is 15.4. The monoisotopic (exact) mass is 331 g/mol. The van der Waals surface area contributed by atoms with Crippen LogP contribution in [-0.2, 0) is 0 Å². The van der Waals surface area contributed by atoms with E-state index in [1.54, 1.807) is 18.3 Å². The van der Waals surface area contributed by atoms with Crippen LogP contribution in [0.5, 0.6) is 17.4 Å². The van der Waals surface area contributed by atoms with Crippen LogP contribution in [0.25, 0.3) is 0 Å². The molecule has 0 aliphatic rings. The standard InChI is InChI=1S/C13H8Cl3NO3/c1-19-13-10(3-2-4-17-13)20-11-6-9(15)8(14)5-7(11)12(16)18/h2-6H,1H3. The van der Waals surface area contributed by atoms with Gasteiger partial charge in [0.25, 0.3) is 11.1 Å². The molecule has 0 spiro atoms. The maximum atomic E-state index is 11.4. The van der Waals surface area contributed by atoms with E-state index in [1.807, 2.05) is 0 Å². The van der Waals surface area contributed by atoms with E-state index >= 15 is 0 Å². The summed E-state index contributed by atoms with van der Waals surface area (Å²) in [5, 5.41) is -0.256. The van der Waals surface area contributed by atoms with Crippen LogP contribution < -0.4 is 9.47 Å². The second kappa shape index (κ2) is 6.31. The van der Waals surface area contributed by atoms with Crippen LogP contribution in [0.2, 0.25) is 10.0 Å². The number of benzene rings is 1. The summed E-state index contributed by atoms with van der Waals surface area (Å²) in [7, 11) is 1.46. The molecular formula is C13H8Cl3NO3. The predicted molar refractivity (Wildman–Crippen MR) is 77.5 cm³/mol. The number of hydrogen-bond acceptors (Lipinski definition) is 4. The molecule has 4 nitrogen and oxygen atoms in total. The molecule has 1 aromatic heterocycles. The Kier molecular flexibility index (Phi) is 4.70. The second-order valence-corrected chi connectivity index (χ2v) is 4.81. The smallest absolute Gasteiger partial charge is 0.257 e. The first-order valence-electron chi connectivity index (χ1n) is 5.38. The lowest BCUT2D eigenvalue weighted by Gasteiger charge is -2.12. The molecule has 0 radical (unpaired) electrons. The molecule has 0 saturated carbocycles. The zero-order valence-electron chi connectivity index (χ0n) is 10.2. The molecule has 0 aliphatic heterocycles. The van der Waals surface area contributed by atoms with Crippen LogP contribution >= 0.6 is 34.8 Å². The molecule has 104 valence electrons. The summed E-state index contributed by atoms with van der Waals surface area (Å²) in [6.07, 6.45) is 1.55. The van der Waals surface area contributed by atoms with Gasteiger partial charge in [0.15, 0.2) is 5.75 Å². The van der Waals surface area contributed by atoms with Crippen molar-refractivity contribution in [2.75, 3.05) is 7.11 Å². The first-order chi connectivity index (χ1) is 9.52. The van der Waals surface area contributed by atoms with Crippen LogP contribution in [0.4, 0.5) is 0 Å². The fraction of sp³-hybridized carbons (Fsp3) is 0.0769. The Balaban J connectivity index is 2.47. The van der Waals surface area contributed by atoms with Gasteiger partial charge in [0, 0.05) is 12.3 Å². The Labute approximate surface area is 130 Å². The highest BCUT2D eigenvalue weighted by Crippen LogP contribution is 2.36. The third kappa shape index (κ3) is 3.15. The quantitative estimate of drug-likeness (QED) is 0.770. The average Bonchev–Trinajstić information content (AvgIpc) is 2.43. The van der Waals surface area contributed by atoms with E-state index in [9.17, 15) is 4.79 Å². The van der Waals surface area contributed by atoms with Crippen molar-refractivity contribution >= 4 is 40.0 Å². The van der Waals surface area contributed by atoms with E-state index in [2.05, 4.69) is 4.98 Å². The molecule has 1 heterocycles. The summed E-state index contributed by atoms with van der Waals surface area (Å²) in [5.41, 5.74) is 0.104. The minimum atomic E-state index is -0.707. The van der Waals surface area contributed by atoms with Crippen molar-refractivity contribution < 1.29 is 14.3 Å². The van der Waals surface area contributed by atoms with E-state index in [1.165, 1.54) is 19.2 Å². The second-order valence-electron chi connectivity index (χ2n) is 3.65. The number of pyridine rings is 1. The Morgan fingerprint density at radius 1 is 1.20 bits per heavy atom. The van der Waals surface area contributed by atoms with E-state index in [0.717, 1.165) is 0 Å². The molecule has 0 bridgehead atoms. The molecule has 0 aliphatic carbocycles. The first kappa shape index (κ1) is 14.9. The fourth-order valence-electron chi connectivity index (χ4n) is 1.49. The number of carbonyl (C=O) groups excluding carboxylic acids is 1. The zero-order chi connectivity index (χ0) is 14.7. The number of ether oxygens (including phenoxy) is 2. The van der Waals surface area contributed by atoms with Gasteiger partial charge < -0.3 is 9.47 Å². The van der Waals surface area contributed by atoms with Gasteiger partial charge in [-0.05, 0) is 29.8 Å². The highest BCUT2D eigenvalue weighted by molar-refractivity contribution is 6.68. The molecule has 0 N–H and O–H groups in total. The molecule has 0 unspecified atom stereocenters. The molecule has 20 heavy (non-hydrogen) atoms. The molecule has 2 rings (SSSR count). The molecule has 0 saturated heterocycles. The summed E-state index contributed by atoms with van der Waals surface area (Å²) < 4.78 is 10.7. The normalized spacial score (nSPS) is 10.2. The Bertz CT molecular complexity index is 661. The molecule has 0 fully saturated rings. The van der Waals surface area contributed by atoms with Gasteiger partial charge in [-0.2, -0.15) is 0 Å². The van der Waals surface area contributed by atoms with E-state index < -0.39 is 5.24 Å². The lowest BCUT2D eigenvalue weighted by Crippen LogP contribution is -1.98. The van der Waals surface area contributed by atoms with Gasteiger partial charge in [-0.1, -0.05) is 23.2 Å². The van der Waals surface area contributed by atoms with E-state index in [-0.39, 0.29) is 27.2 Å². The van der Waals surface area contributed by atoms with Crippen molar-refractivity contribution in [1.82, 2.24) is 4.98 Å². The number of carbonyl (C=O) groups is 1. The first-order valence-corrected chi connectivity index (χ1v) is 6.52. The molecule has 7 heteroatoms. The number of hydrogen-bond donors (Lipinski definition) is 0. The lowest BCUT2D eigenvalue weighted by atomic mass is 10.2. The number of aromatic nitrogens is 1. The molecule has 1 aromatic carbocycles. The van der Waals surface area contributed by atoms with Crippen LogP contribution in [0.1, 0.15) is 10.4 Å². The van der Waals surface area contributed by atoms with Crippen molar-refractivity contribution in [2.24, 2.45) is 0 Å². The number of rotatable bonds is 4.